The van der Waals surface area contributed by atoms with Crippen molar-refractivity contribution in [3.05, 3.63) is 34.4 Å². The Labute approximate surface area is 208 Å². The number of rotatable bonds is 13. The first-order chi connectivity index (χ1) is 16.0. The molecule has 5 atom stereocenters. The molecular weight excluding hydrogens is 424 g/mol. The van der Waals surface area contributed by atoms with Gasteiger partial charge in [-0.2, -0.15) is 0 Å². The van der Waals surface area contributed by atoms with Crippen LogP contribution >= 0.6 is 0 Å². The van der Waals surface area contributed by atoms with Gasteiger partial charge in [-0.3, -0.25) is 4.79 Å². The molecule has 2 N–H and O–H groups in total. The molecule has 0 aromatic carbocycles. The molecule has 2 aliphatic rings. The number of epoxide rings is 1. The highest BCUT2D eigenvalue weighted by Crippen LogP contribution is 2.53. The highest BCUT2D eigenvalue weighted by atomic mass is 16.6. The normalized spacial score (nSPS) is 31.9. The number of carbonyl (C=O) groups excluding carboxylic acids is 1. The molecule has 194 valence electrons. The molecular formula is C30H50O4. The third-order valence-corrected chi connectivity index (χ3v) is 8.67. The lowest BCUT2D eigenvalue weighted by Gasteiger charge is -2.48. The first-order valence-corrected chi connectivity index (χ1v) is 13.4. The van der Waals surface area contributed by atoms with Gasteiger partial charge in [-0.15, -0.1) is 0 Å². The molecule has 4 heteroatoms. The van der Waals surface area contributed by atoms with E-state index in [0.29, 0.717) is 18.3 Å². The van der Waals surface area contributed by atoms with Crippen molar-refractivity contribution in [2.75, 3.05) is 6.61 Å². The van der Waals surface area contributed by atoms with Crippen LogP contribution < -0.4 is 0 Å². The molecule has 1 aliphatic carbocycles. The van der Waals surface area contributed by atoms with E-state index < -0.39 is 6.10 Å². The van der Waals surface area contributed by atoms with E-state index in [1.807, 2.05) is 20.8 Å². The minimum atomic E-state index is -0.415. The Morgan fingerprint density at radius 2 is 1.79 bits per heavy atom. The standard InChI is InChI=1S/C30H50O4/c1-21(11-8-12-22(2)19-27(33)28-29(5,6)34-28)13-9-17-30(7)24(4)15-16-25(23(3)20-32)26(30)14-10-18-31/h12-13,20,24,26-28,31,33H,8-11,14-19H2,1-7H3. The summed E-state index contributed by atoms with van der Waals surface area (Å²) >= 11 is 0. The fourth-order valence-corrected chi connectivity index (χ4v) is 6.02. The second kappa shape index (κ2) is 12.6. The fraction of sp³-hybridized carbons (Fsp3) is 0.767. The number of hydrogen-bond donors (Lipinski definition) is 2. The van der Waals surface area contributed by atoms with Crippen molar-refractivity contribution in [3.8, 4) is 0 Å². The summed E-state index contributed by atoms with van der Waals surface area (Å²) in [5.41, 5.74) is 4.84. The molecule has 0 bridgehead atoms. The van der Waals surface area contributed by atoms with Crippen molar-refractivity contribution < 1.29 is 19.7 Å². The Kier molecular flexibility index (Phi) is 10.8. The Bertz CT molecular complexity index is 775. The van der Waals surface area contributed by atoms with Gasteiger partial charge in [-0.05, 0) is 115 Å². The van der Waals surface area contributed by atoms with E-state index in [1.54, 1.807) is 0 Å². The molecule has 1 saturated carbocycles. The molecule has 34 heavy (non-hydrogen) atoms. The average Bonchev–Trinajstić information content (AvgIpc) is 3.42. The molecule has 4 nitrogen and oxygen atoms in total. The Balaban J connectivity index is 1.92. The lowest BCUT2D eigenvalue weighted by Crippen LogP contribution is -2.39. The molecule has 0 spiro atoms. The summed E-state index contributed by atoms with van der Waals surface area (Å²) in [7, 11) is 0. The summed E-state index contributed by atoms with van der Waals surface area (Å²) in [6.45, 7) is 15.3. The number of ether oxygens (including phenoxy) is 1. The molecule has 2 rings (SSSR count). The zero-order chi connectivity index (χ0) is 25.5. The highest BCUT2D eigenvalue weighted by Gasteiger charge is 2.51. The van der Waals surface area contributed by atoms with E-state index in [0.717, 1.165) is 63.2 Å². The Morgan fingerprint density at radius 1 is 1.15 bits per heavy atom. The number of carbonyl (C=O) groups is 1. The van der Waals surface area contributed by atoms with E-state index in [9.17, 15) is 15.0 Å². The summed E-state index contributed by atoms with van der Waals surface area (Å²) in [6.07, 6.45) is 14.0. The molecule has 1 saturated heterocycles. The summed E-state index contributed by atoms with van der Waals surface area (Å²) in [5, 5.41) is 19.8. The van der Waals surface area contributed by atoms with Crippen molar-refractivity contribution in [1.29, 1.82) is 0 Å². The second-order valence-electron chi connectivity index (χ2n) is 11.8. The molecule has 1 aliphatic heterocycles. The van der Waals surface area contributed by atoms with Crippen LogP contribution in [-0.2, 0) is 9.53 Å². The van der Waals surface area contributed by atoms with Gasteiger partial charge >= 0.3 is 0 Å². The molecule has 0 aromatic rings. The monoisotopic (exact) mass is 474 g/mol. The van der Waals surface area contributed by atoms with Gasteiger partial charge in [-0.25, -0.2) is 0 Å². The van der Waals surface area contributed by atoms with Crippen LogP contribution in [0.2, 0.25) is 0 Å². The number of hydrogen-bond acceptors (Lipinski definition) is 4. The van der Waals surface area contributed by atoms with Crippen LogP contribution in [0.25, 0.3) is 0 Å². The first-order valence-electron chi connectivity index (χ1n) is 13.4. The smallest absolute Gasteiger partial charge is 0.145 e. The SMILES string of the molecule is CC(=CCCC1(C)C(C)CCC(=C(C)C=O)C1CCCO)CCC=C(C)CC(O)C1OC1(C)C. The zero-order valence-electron chi connectivity index (χ0n) is 22.8. The third kappa shape index (κ3) is 7.63. The Hall–Kier alpha value is -1.23. The van der Waals surface area contributed by atoms with Crippen molar-refractivity contribution in [1.82, 2.24) is 0 Å². The zero-order valence-corrected chi connectivity index (χ0v) is 22.8. The average molecular weight is 475 g/mol. The second-order valence-corrected chi connectivity index (χ2v) is 11.8. The van der Waals surface area contributed by atoms with E-state index in [4.69, 9.17) is 4.74 Å². The summed E-state index contributed by atoms with van der Waals surface area (Å²) < 4.78 is 5.56. The van der Waals surface area contributed by atoms with Gasteiger partial charge in [0.25, 0.3) is 0 Å². The van der Waals surface area contributed by atoms with E-state index in [-0.39, 0.29) is 23.7 Å². The van der Waals surface area contributed by atoms with Crippen molar-refractivity contribution >= 4 is 6.29 Å². The maximum absolute atomic E-state index is 11.5. The number of aliphatic hydroxyl groups is 2. The number of allylic oxidation sites excluding steroid dienone is 5. The predicted molar refractivity (Wildman–Crippen MR) is 141 cm³/mol. The molecule has 0 aromatic heterocycles. The van der Waals surface area contributed by atoms with Crippen LogP contribution in [-0.4, -0.2) is 40.9 Å². The van der Waals surface area contributed by atoms with Crippen LogP contribution in [0, 0.1) is 17.3 Å². The van der Waals surface area contributed by atoms with E-state index in [1.165, 1.54) is 16.7 Å². The van der Waals surface area contributed by atoms with Gasteiger partial charge in [0.05, 0.1) is 11.7 Å². The van der Waals surface area contributed by atoms with Crippen LogP contribution in [0.1, 0.15) is 106 Å². The minimum absolute atomic E-state index is 0.0343. The van der Waals surface area contributed by atoms with Crippen molar-refractivity contribution in [3.63, 3.8) is 0 Å². The summed E-state index contributed by atoms with van der Waals surface area (Å²) in [5.74, 6) is 0.977. The largest absolute Gasteiger partial charge is 0.396 e. The third-order valence-electron chi connectivity index (χ3n) is 8.67. The van der Waals surface area contributed by atoms with Gasteiger partial charge in [0.1, 0.15) is 12.4 Å². The van der Waals surface area contributed by atoms with E-state index >= 15 is 0 Å². The van der Waals surface area contributed by atoms with E-state index in [2.05, 4.69) is 39.8 Å². The first kappa shape index (κ1) is 29.0. The maximum Gasteiger partial charge on any atom is 0.145 e. The molecule has 2 fully saturated rings. The lowest BCUT2D eigenvalue weighted by atomic mass is 9.56. The van der Waals surface area contributed by atoms with Gasteiger partial charge in [0.15, 0.2) is 0 Å². The lowest BCUT2D eigenvalue weighted by molar-refractivity contribution is -0.105. The summed E-state index contributed by atoms with van der Waals surface area (Å²) in [4.78, 5) is 11.5. The van der Waals surface area contributed by atoms with Gasteiger partial charge in [0.2, 0.25) is 0 Å². The predicted octanol–water partition coefficient (Wildman–Crippen LogP) is 6.71. The van der Waals surface area contributed by atoms with Crippen LogP contribution in [0.3, 0.4) is 0 Å². The highest BCUT2D eigenvalue weighted by molar-refractivity contribution is 5.73. The molecule has 1 heterocycles. The molecule has 5 unspecified atom stereocenters. The van der Waals surface area contributed by atoms with Gasteiger partial charge < -0.3 is 14.9 Å². The molecule has 0 radical (unpaired) electrons. The van der Waals surface area contributed by atoms with Crippen LogP contribution in [0.15, 0.2) is 34.4 Å². The number of aldehydes is 1. The maximum atomic E-state index is 11.5. The van der Waals surface area contributed by atoms with Crippen molar-refractivity contribution in [2.24, 2.45) is 17.3 Å². The molecule has 0 amide bonds. The number of aliphatic hydroxyl groups excluding tert-OH is 2. The quantitative estimate of drug-likeness (QED) is 0.135. The summed E-state index contributed by atoms with van der Waals surface area (Å²) in [6, 6.07) is 0. The van der Waals surface area contributed by atoms with Gasteiger partial charge in [-0.1, -0.05) is 42.7 Å². The Morgan fingerprint density at radius 3 is 2.38 bits per heavy atom. The van der Waals surface area contributed by atoms with Crippen molar-refractivity contribution in [2.45, 2.75) is 124 Å². The minimum Gasteiger partial charge on any atom is -0.396 e. The fourth-order valence-electron chi connectivity index (χ4n) is 6.02. The van der Waals surface area contributed by atoms with Crippen LogP contribution in [0.4, 0.5) is 0 Å². The topological polar surface area (TPSA) is 70.1 Å². The van der Waals surface area contributed by atoms with Crippen LogP contribution in [0.5, 0.6) is 0 Å². The van der Waals surface area contributed by atoms with Gasteiger partial charge in [0, 0.05) is 6.61 Å².